The molecule has 0 heterocycles. The van der Waals surface area contributed by atoms with Crippen LogP contribution in [0, 0.1) is 0 Å². The minimum absolute atomic E-state index is 1.07. The summed E-state index contributed by atoms with van der Waals surface area (Å²) in [6.45, 7) is 4.66. The van der Waals surface area contributed by atoms with Crippen LogP contribution in [0.25, 0.3) is 0 Å². The summed E-state index contributed by atoms with van der Waals surface area (Å²) in [4.78, 5) is 0. The molecule has 0 nitrogen and oxygen atoms in total. The molecule has 0 aliphatic heterocycles. The summed E-state index contributed by atoms with van der Waals surface area (Å²) in [5, 5.41) is 0. The van der Waals surface area contributed by atoms with Crippen LogP contribution in [-0.2, 0) is 12.8 Å². The van der Waals surface area contributed by atoms with Crippen molar-refractivity contribution < 1.29 is 0 Å². The van der Waals surface area contributed by atoms with Crippen molar-refractivity contribution in [2.75, 3.05) is 0 Å². The van der Waals surface area contributed by atoms with Gasteiger partial charge in [0.2, 0.25) is 0 Å². The number of unbranched alkanes of at least 4 members (excludes halogenated alkanes) is 2. The second-order valence-corrected chi connectivity index (χ2v) is 19.4. The van der Waals surface area contributed by atoms with Gasteiger partial charge in [-0.2, -0.15) is 0 Å². The van der Waals surface area contributed by atoms with Crippen LogP contribution >= 0.6 is 0 Å². The second-order valence-electron chi connectivity index (χ2n) is 7.62. The Balaban J connectivity index is 2.13. The van der Waals surface area contributed by atoms with Crippen LogP contribution in [-0.4, -0.2) is 18.4 Å². The molecule has 0 saturated carbocycles. The Hall–Kier alpha value is -1.28. The zero-order valence-corrected chi connectivity index (χ0v) is 20.1. The monoisotopic (exact) mass is 468 g/mol. The number of rotatable bonds is 12. The van der Waals surface area contributed by atoms with E-state index in [1.54, 1.807) is 0 Å². The Morgan fingerprint density at radius 2 is 1.04 bits per heavy atom. The normalized spacial score (nSPS) is 12.2. The maximum absolute atomic E-state index is 2.72. The first kappa shape index (κ1) is 22.0. The van der Waals surface area contributed by atoms with E-state index in [2.05, 4.69) is 94.8 Å². The molecule has 0 aliphatic carbocycles. The molecule has 0 atom stereocenters. The van der Waals surface area contributed by atoms with Gasteiger partial charge in [0.25, 0.3) is 0 Å². The minimum atomic E-state index is -2.38. The molecule has 27 heavy (non-hydrogen) atoms. The van der Waals surface area contributed by atoms with Gasteiger partial charge in [0.1, 0.15) is 0 Å². The number of allylic oxidation sites excluding steroid dienone is 2. The Kier molecular flexibility index (Phi) is 10.6. The van der Waals surface area contributed by atoms with Gasteiger partial charge in [0.15, 0.2) is 0 Å². The molecule has 2 aromatic rings. The summed E-state index contributed by atoms with van der Waals surface area (Å²) >= 11 is -2.38. The summed E-state index contributed by atoms with van der Waals surface area (Å²) in [5.41, 5.74) is 2.85. The van der Waals surface area contributed by atoms with Crippen molar-refractivity contribution in [1.29, 1.82) is 0 Å². The first-order valence-corrected chi connectivity index (χ1v) is 18.0. The van der Waals surface area contributed by atoms with Crippen molar-refractivity contribution in [3.63, 3.8) is 0 Å². The molecule has 0 unspecified atom stereocenters. The van der Waals surface area contributed by atoms with Crippen molar-refractivity contribution in [3.8, 4) is 0 Å². The fraction of sp³-hybridized carbons (Fsp3) is 0.385. The summed E-state index contributed by atoms with van der Waals surface area (Å²) in [6, 6.07) is 21.8. The Bertz CT molecular complexity index is 608. The molecular weight excluding hydrogens is 431 g/mol. The van der Waals surface area contributed by atoms with E-state index >= 15 is 0 Å². The van der Waals surface area contributed by atoms with E-state index in [0.717, 1.165) is 12.8 Å². The summed E-state index contributed by atoms with van der Waals surface area (Å²) < 4.78 is 8.35. The van der Waals surface area contributed by atoms with E-state index < -0.39 is 18.4 Å². The number of hydrogen-bond acceptors (Lipinski definition) is 0. The molecule has 0 N–H and O–H groups in total. The molecule has 2 aromatic carbocycles. The van der Waals surface area contributed by atoms with E-state index in [1.807, 2.05) is 0 Å². The molecule has 0 amide bonds. The van der Waals surface area contributed by atoms with Gasteiger partial charge < -0.3 is 0 Å². The predicted octanol–water partition coefficient (Wildman–Crippen LogP) is 7.71. The Morgan fingerprint density at radius 1 is 0.630 bits per heavy atom. The zero-order chi connectivity index (χ0) is 19.2. The molecule has 0 fully saturated rings. The molecule has 0 saturated heterocycles. The molecule has 144 valence electrons. The molecular formula is C26H36Sn. The van der Waals surface area contributed by atoms with Gasteiger partial charge in [-0.15, -0.1) is 0 Å². The van der Waals surface area contributed by atoms with Crippen molar-refractivity contribution in [3.05, 3.63) is 92.1 Å². The van der Waals surface area contributed by atoms with Gasteiger partial charge in [-0.1, -0.05) is 0 Å². The van der Waals surface area contributed by atoms with Crippen LogP contribution < -0.4 is 0 Å². The van der Waals surface area contributed by atoms with E-state index in [1.165, 1.54) is 45.7 Å². The first-order chi connectivity index (χ1) is 13.3. The molecule has 0 bridgehead atoms. The quantitative estimate of drug-likeness (QED) is 0.281. The van der Waals surface area contributed by atoms with Gasteiger partial charge in [0, 0.05) is 0 Å². The molecule has 1 heteroatoms. The fourth-order valence-corrected chi connectivity index (χ4v) is 15.7. The van der Waals surface area contributed by atoms with Gasteiger partial charge in [-0.05, 0) is 0 Å². The Labute approximate surface area is 171 Å². The molecule has 2 rings (SSSR count). The summed E-state index contributed by atoms with van der Waals surface area (Å²) in [5.74, 6) is 0. The van der Waals surface area contributed by atoms with E-state index in [9.17, 15) is 0 Å². The second kappa shape index (κ2) is 13.0. The predicted molar refractivity (Wildman–Crippen MR) is 124 cm³/mol. The van der Waals surface area contributed by atoms with Gasteiger partial charge in [-0.3, -0.25) is 0 Å². The van der Waals surface area contributed by atoms with Crippen LogP contribution in [0.15, 0.2) is 81.0 Å². The number of hydrogen-bond donors (Lipinski definition) is 0. The van der Waals surface area contributed by atoms with Gasteiger partial charge in [0.05, 0.1) is 0 Å². The first-order valence-electron chi connectivity index (χ1n) is 10.7. The van der Waals surface area contributed by atoms with E-state index in [0.29, 0.717) is 0 Å². The third kappa shape index (κ3) is 8.51. The maximum atomic E-state index is 2.72. The zero-order valence-electron chi connectivity index (χ0n) is 17.2. The van der Waals surface area contributed by atoms with Crippen molar-refractivity contribution >= 4 is 18.4 Å². The summed E-state index contributed by atoms with van der Waals surface area (Å²) in [7, 11) is 0. The average Bonchev–Trinajstić information content (AvgIpc) is 2.72. The Morgan fingerprint density at radius 3 is 1.41 bits per heavy atom. The van der Waals surface area contributed by atoms with Crippen LogP contribution in [0.2, 0.25) is 8.87 Å². The third-order valence-corrected chi connectivity index (χ3v) is 17.8. The van der Waals surface area contributed by atoms with E-state index in [-0.39, 0.29) is 0 Å². The van der Waals surface area contributed by atoms with Gasteiger partial charge in [-0.25, -0.2) is 0 Å². The van der Waals surface area contributed by atoms with Gasteiger partial charge >= 0.3 is 172 Å². The van der Waals surface area contributed by atoms with Crippen molar-refractivity contribution in [1.82, 2.24) is 0 Å². The third-order valence-electron chi connectivity index (χ3n) is 5.28. The number of benzene rings is 2. The fourth-order valence-electron chi connectivity index (χ4n) is 3.61. The molecule has 0 spiro atoms. The molecule has 0 aliphatic rings. The summed E-state index contributed by atoms with van der Waals surface area (Å²) in [6.07, 6.45) is 12.5. The molecule has 0 aromatic heterocycles. The van der Waals surface area contributed by atoms with Crippen LogP contribution in [0.4, 0.5) is 0 Å². The van der Waals surface area contributed by atoms with Crippen LogP contribution in [0.3, 0.4) is 0 Å². The van der Waals surface area contributed by atoms with E-state index in [4.69, 9.17) is 0 Å². The average molecular weight is 467 g/mol. The standard InChI is InChI=1S/2C9H9.2C4H9.Sn/c2*1-2-6-9-7-4-3-5-8-9;2*1-3-4-2;/h2*1-5,7-8H,6H2;2*1,3-4H2,2H3;. The SMILES string of the molecule is CCC[CH2][Sn](/[CH]=C\Cc1ccccc1)(/[CH]=C\Cc1ccccc1)[CH2]CCC. The molecule has 0 radical (unpaired) electrons. The van der Waals surface area contributed by atoms with Crippen molar-refractivity contribution in [2.24, 2.45) is 0 Å². The van der Waals surface area contributed by atoms with Crippen LogP contribution in [0.5, 0.6) is 0 Å². The van der Waals surface area contributed by atoms with Crippen LogP contribution in [0.1, 0.15) is 50.7 Å². The topological polar surface area (TPSA) is 0 Å². The van der Waals surface area contributed by atoms with Crippen molar-refractivity contribution in [2.45, 2.75) is 61.2 Å².